The van der Waals surface area contributed by atoms with E-state index in [9.17, 15) is 9.59 Å². The fourth-order valence-electron chi connectivity index (χ4n) is 1.39. The maximum atomic E-state index is 11.5. The van der Waals surface area contributed by atoms with Crippen LogP contribution in [0.3, 0.4) is 0 Å². The molecule has 0 saturated heterocycles. The molecule has 5 nitrogen and oxygen atoms in total. The second-order valence-electron chi connectivity index (χ2n) is 4.00. The Balaban J connectivity index is 2.28. The molecule has 0 bridgehead atoms. The van der Waals surface area contributed by atoms with Crippen LogP contribution in [0.15, 0.2) is 24.4 Å². The van der Waals surface area contributed by atoms with Gasteiger partial charge >= 0.3 is 5.97 Å². The van der Waals surface area contributed by atoms with E-state index in [0.29, 0.717) is 12.2 Å². The minimum absolute atomic E-state index is 0.0594. The Morgan fingerprint density at radius 2 is 2.24 bits per heavy atom. The minimum atomic E-state index is -0.850. The van der Waals surface area contributed by atoms with Crippen LogP contribution in [0.5, 0.6) is 0 Å². The van der Waals surface area contributed by atoms with Crippen molar-refractivity contribution in [3.8, 4) is 0 Å². The van der Waals surface area contributed by atoms with Crippen LogP contribution in [0.25, 0.3) is 0 Å². The largest absolute Gasteiger partial charge is 0.481 e. The summed E-state index contributed by atoms with van der Waals surface area (Å²) in [6.45, 7) is 2.16. The van der Waals surface area contributed by atoms with Crippen molar-refractivity contribution in [2.45, 2.75) is 19.8 Å². The van der Waals surface area contributed by atoms with Crippen LogP contribution in [-0.2, 0) is 16.0 Å². The molecule has 0 aliphatic heterocycles. The monoisotopic (exact) mass is 236 g/mol. The minimum Gasteiger partial charge on any atom is -0.481 e. The molecule has 1 heterocycles. The number of carbonyl (C=O) groups is 2. The molecule has 17 heavy (non-hydrogen) atoms. The van der Waals surface area contributed by atoms with Crippen molar-refractivity contribution in [3.05, 3.63) is 30.1 Å². The van der Waals surface area contributed by atoms with E-state index in [-0.39, 0.29) is 24.7 Å². The van der Waals surface area contributed by atoms with Crippen LogP contribution >= 0.6 is 0 Å². The van der Waals surface area contributed by atoms with E-state index in [0.717, 1.165) is 0 Å². The van der Waals surface area contributed by atoms with E-state index in [2.05, 4.69) is 10.3 Å². The van der Waals surface area contributed by atoms with Crippen LogP contribution in [0.1, 0.15) is 19.0 Å². The Bertz CT molecular complexity index is 379. The zero-order valence-electron chi connectivity index (χ0n) is 9.72. The topological polar surface area (TPSA) is 79.3 Å². The normalized spacial score (nSPS) is 11.8. The van der Waals surface area contributed by atoms with Crippen molar-refractivity contribution in [3.63, 3.8) is 0 Å². The molecule has 0 aliphatic carbocycles. The molecule has 1 rings (SSSR count). The summed E-state index contributed by atoms with van der Waals surface area (Å²) < 4.78 is 0. The molecular weight excluding hydrogens is 220 g/mol. The van der Waals surface area contributed by atoms with Crippen LogP contribution in [-0.4, -0.2) is 28.5 Å². The first-order chi connectivity index (χ1) is 8.08. The van der Waals surface area contributed by atoms with Gasteiger partial charge in [0.2, 0.25) is 5.91 Å². The Morgan fingerprint density at radius 1 is 1.47 bits per heavy atom. The van der Waals surface area contributed by atoms with Gasteiger partial charge in [-0.1, -0.05) is 13.0 Å². The van der Waals surface area contributed by atoms with Gasteiger partial charge in [0.05, 0.1) is 6.42 Å². The average Bonchev–Trinajstić information content (AvgIpc) is 2.27. The Hall–Kier alpha value is -1.91. The van der Waals surface area contributed by atoms with Crippen LogP contribution in [0.2, 0.25) is 0 Å². The van der Waals surface area contributed by atoms with E-state index in [1.807, 2.05) is 6.07 Å². The highest BCUT2D eigenvalue weighted by molar-refractivity contribution is 5.78. The molecule has 1 unspecified atom stereocenters. The van der Waals surface area contributed by atoms with E-state index in [1.54, 1.807) is 25.3 Å². The fourth-order valence-corrected chi connectivity index (χ4v) is 1.39. The second-order valence-corrected chi connectivity index (χ2v) is 4.00. The van der Waals surface area contributed by atoms with Crippen LogP contribution in [0, 0.1) is 5.92 Å². The fraction of sp³-hybridized carbons (Fsp3) is 0.417. The standard InChI is InChI=1S/C12H16N2O3/c1-9(6-12(16)17)8-14-11(15)7-10-4-2-3-5-13-10/h2-5,9H,6-8H2,1H3,(H,14,15)(H,16,17). The zero-order valence-corrected chi connectivity index (χ0v) is 9.72. The number of carboxylic acids is 1. The number of nitrogens with zero attached hydrogens (tertiary/aromatic N) is 1. The molecule has 2 N–H and O–H groups in total. The quantitative estimate of drug-likeness (QED) is 0.767. The molecule has 0 saturated carbocycles. The van der Waals surface area contributed by atoms with Gasteiger partial charge in [0.1, 0.15) is 0 Å². The van der Waals surface area contributed by atoms with Gasteiger partial charge in [0, 0.05) is 24.9 Å². The summed E-state index contributed by atoms with van der Waals surface area (Å²) in [6.07, 6.45) is 1.92. The number of aliphatic carboxylic acids is 1. The second kappa shape index (κ2) is 6.62. The predicted molar refractivity (Wildman–Crippen MR) is 62.4 cm³/mol. The number of hydrogen-bond donors (Lipinski definition) is 2. The molecule has 5 heteroatoms. The summed E-state index contributed by atoms with van der Waals surface area (Å²) in [5, 5.41) is 11.3. The number of pyridine rings is 1. The van der Waals surface area contributed by atoms with E-state index in [1.165, 1.54) is 0 Å². The van der Waals surface area contributed by atoms with Crippen LogP contribution < -0.4 is 5.32 Å². The first-order valence-corrected chi connectivity index (χ1v) is 5.46. The number of nitrogens with one attached hydrogen (secondary N) is 1. The molecular formula is C12H16N2O3. The van der Waals surface area contributed by atoms with Crippen molar-refractivity contribution >= 4 is 11.9 Å². The third kappa shape index (κ3) is 5.65. The van der Waals surface area contributed by atoms with Crippen molar-refractivity contribution in [1.82, 2.24) is 10.3 Å². The van der Waals surface area contributed by atoms with E-state index >= 15 is 0 Å². The maximum Gasteiger partial charge on any atom is 0.303 e. The lowest BCUT2D eigenvalue weighted by atomic mass is 10.1. The molecule has 0 fully saturated rings. The SMILES string of the molecule is CC(CNC(=O)Cc1ccccn1)CC(=O)O. The summed E-state index contributed by atoms with van der Waals surface area (Å²) in [5.74, 6) is -1.06. The third-order valence-corrected chi connectivity index (χ3v) is 2.24. The molecule has 0 aliphatic rings. The Morgan fingerprint density at radius 3 is 2.82 bits per heavy atom. The van der Waals surface area contributed by atoms with Crippen molar-refractivity contribution in [2.75, 3.05) is 6.54 Å². The summed E-state index contributed by atoms with van der Waals surface area (Å²) >= 11 is 0. The number of carboxylic acid groups (broad SMARTS) is 1. The van der Waals surface area contributed by atoms with Gasteiger partial charge in [-0.2, -0.15) is 0 Å². The highest BCUT2D eigenvalue weighted by Crippen LogP contribution is 2.00. The molecule has 1 aromatic heterocycles. The number of amides is 1. The predicted octanol–water partition coefficient (Wildman–Crippen LogP) is 0.851. The number of carbonyl (C=O) groups excluding carboxylic acids is 1. The van der Waals surface area contributed by atoms with E-state index < -0.39 is 5.97 Å². The average molecular weight is 236 g/mol. The highest BCUT2D eigenvalue weighted by atomic mass is 16.4. The van der Waals surface area contributed by atoms with Crippen molar-refractivity contribution in [1.29, 1.82) is 0 Å². The maximum absolute atomic E-state index is 11.5. The number of hydrogen-bond acceptors (Lipinski definition) is 3. The molecule has 0 radical (unpaired) electrons. The molecule has 92 valence electrons. The van der Waals surface area contributed by atoms with Gasteiger partial charge in [-0.3, -0.25) is 14.6 Å². The molecule has 1 aromatic rings. The van der Waals surface area contributed by atoms with Crippen molar-refractivity contribution < 1.29 is 14.7 Å². The van der Waals surface area contributed by atoms with E-state index in [4.69, 9.17) is 5.11 Å². The van der Waals surface area contributed by atoms with Crippen LogP contribution in [0.4, 0.5) is 0 Å². The number of aromatic nitrogens is 1. The first kappa shape index (κ1) is 13.2. The summed E-state index contributed by atoms with van der Waals surface area (Å²) in [4.78, 5) is 26.0. The lowest BCUT2D eigenvalue weighted by molar-refractivity contribution is -0.138. The van der Waals surface area contributed by atoms with Gasteiger partial charge < -0.3 is 10.4 Å². The van der Waals surface area contributed by atoms with Gasteiger partial charge in [0.25, 0.3) is 0 Å². The summed E-state index contributed by atoms with van der Waals surface area (Å²) in [5.41, 5.74) is 0.705. The molecule has 1 atom stereocenters. The number of rotatable bonds is 6. The Labute approximate surface area is 99.9 Å². The molecule has 0 spiro atoms. The van der Waals surface area contributed by atoms with Gasteiger partial charge in [-0.25, -0.2) is 0 Å². The zero-order chi connectivity index (χ0) is 12.7. The van der Waals surface area contributed by atoms with Gasteiger partial charge in [-0.15, -0.1) is 0 Å². The van der Waals surface area contributed by atoms with Gasteiger partial charge in [0.15, 0.2) is 0 Å². The summed E-state index contributed by atoms with van der Waals surface area (Å²) in [7, 11) is 0. The lowest BCUT2D eigenvalue weighted by Gasteiger charge is -2.09. The lowest BCUT2D eigenvalue weighted by Crippen LogP contribution is -2.30. The Kier molecular flexibility index (Phi) is 5.13. The van der Waals surface area contributed by atoms with Crippen molar-refractivity contribution in [2.24, 2.45) is 5.92 Å². The third-order valence-electron chi connectivity index (χ3n) is 2.24. The smallest absolute Gasteiger partial charge is 0.303 e. The first-order valence-electron chi connectivity index (χ1n) is 5.46. The molecule has 1 amide bonds. The summed E-state index contributed by atoms with van der Waals surface area (Å²) in [6, 6.07) is 5.39. The highest BCUT2D eigenvalue weighted by Gasteiger charge is 2.09. The van der Waals surface area contributed by atoms with Gasteiger partial charge in [-0.05, 0) is 18.1 Å². The molecule has 0 aromatic carbocycles.